The fourth-order valence-electron chi connectivity index (χ4n) is 2.20. The lowest BCUT2D eigenvalue weighted by molar-refractivity contribution is 0.0950. The van der Waals surface area contributed by atoms with Crippen LogP contribution in [0.2, 0.25) is 0 Å². The lowest BCUT2D eigenvalue weighted by Gasteiger charge is -2.03. The van der Waals surface area contributed by atoms with Crippen LogP contribution in [-0.2, 0) is 6.54 Å². The zero-order valence-corrected chi connectivity index (χ0v) is 15.5. The number of aryl methyl sites for hydroxylation is 1. The van der Waals surface area contributed by atoms with Crippen molar-refractivity contribution in [1.29, 1.82) is 0 Å². The monoisotopic (exact) mass is 385 g/mol. The van der Waals surface area contributed by atoms with Gasteiger partial charge in [0.05, 0.1) is 5.03 Å². The van der Waals surface area contributed by atoms with E-state index in [1.165, 1.54) is 5.56 Å². The first-order valence-electron chi connectivity index (χ1n) is 7.85. The van der Waals surface area contributed by atoms with Crippen LogP contribution in [0.3, 0.4) is 0 Å². The summed E-state index contributed by atoms with van der Waals surface area (Å²) in [7, 11) is 0. The molecule has 1 heterocycles. The first-order chi connectivity index (χ1) is 12.5. The maximum Gasteiger partial charge on any atom is 0.282 e. The van der Waals surface area contributed by atoms with E-state index in [2.05, 4.69) is 15.5 Å². The Kier molecular flexibility index (Phi) is 5.65. The van der Waals surface area contributed by atoms with Gasteiger partial charge in [0.25, 0.3) is 5.91 Å². The maximum absolute atomic E-state index is 12.2. The van der Waals surface area contributed by atoms with E-state index >= 15 is 0 Å². The van der Waals surface area contributed by atoms with Crippen molar-refractivity contribution in [2.75, 3.05) is 0 Å². The Labute approximate surface area is 160 Å². The van der Waals surface area contributed by atoms with Gasteiger partial charge in [-0.3, -0.25) is 4.79 Å². The van der Waals surface area contributed by atoms with Crippen LogP contribution >= 0.6 is 22.9 Å². The standard InChI is InChI=1S/C19H16ClN3O2S/c1-12-5-7-13(8-6-12)11-21-17(25)19-23-22-18(26-19)16(20)10-14-3-2-4-15(24)9-14/h2-10,24H,11H2,1H3,(H,21,25). The summed E-state index contributed by atoms with van der Waals surface area (Å²) in [4.78, 5) is 12.2. The molecule has 0 fully saturated rings. The summed E-state index contributed by atoms with van der Waals surface area (Å²) < 4.78 is 0. The molecule has 0 radical (unpaired) electrons. The highest BCUT2D eigenvalue weighted by atomic mass is 35.5. The number of hydrogen-bond acceptors (Lipinski definition) is 5. The Hall–Kier alpha value is -2.70. The van der Waals surface area contributed by atoms with Crippen LogP contribution in [0.15, 0.2) is 48.5 Å². The summed E-state index contributed by atoms with van der Waals surface area (Å²) in [6, 6.07) is 14.6. The number of aromatic nitrogens is 2. The average molecular weight is 386 g/mol. The van der Waals surface area contributed by atoms with Gasteiger partial charge in [0.2, 0.25) is 5.01 Å². The molecule has 132 valence electrons. The Morgan fingerprint density at radius 1 is 1.19 bits per heavy atom. The van der Waals surface area contributed by atoms with Gasteiger partial charge < -0.3 is 10.4 Å². The minimum atomic E-state index is -0.295. The fourth-order valence-corrected chi connectivity index (χ4v) is 3.15. The third-order valence-corrected chi connectivity index (χ3v) is 4.92. The van der Waals surface area contributed by atoms with Gasteiger partial charge in [0.15, 0.2) is 5.01 Å². The van der Waals surface area contributed by atoms with Crippen molar-refractivity contribution in [2.45, 2.75) is 13.5 Å². The quantitative estimate of drug-likeness (QED) is 0.689. The lowest BCUT2D eigenvalue weighted by Crippen LogP contribution is -2.22. The number of phenols is 1. The molecular formula is C19H16ClN3O2S. The third-order valence-electron chi connectivity index (χ3n) is 3.56. The number of rotatable bonds is 5. The number of halogens is 1. The van der Waals surface area contributed by atoms with E-state index in [0.29, 0.717) is 16.6 Å². The number of amides is 1. The van der Waals surface area contributed by atoms with Gasteiger partial charge in [-0.05, 0) is 36.3 Å². The fraction of sp³-hybridized carbons (Fsp3) is 0.105. The van der Waals surface area contributed by atoms with Crippen molar-refractivity contribution in [3.05, 3.63) is 75.2 Å². The summed E-state index contributed by atoms with van der Waals surface area (Å²) in [5.74, 6) is -0.146. The van der Waals surface area contributed by atoms with Gasteiger partial charge in [-0.15, -0.1) is 10.2 Å². The Morgan fingerprint density at radius 2 is 1.92 bits per heavy atom. The van der Waals surface area contributed by atoms with Crippen molar-refractivity contribution in [1.82, 2.24) is 15.5 Å². The van der Waals surface area contributed by atoms with Crippen molar-refractivity contribution >= 4 is 40.0 Å². The molecule has 3 aromatic rings. The van der Waals surface area contributed by atoms with E-state index in [0.717, 1.165) is 22.5 Å². The van der Waals surface area contributed by atoms with Gasteiger partial charge >= 0.3 is 0 Å². The smallest absolute Gasteiger partial charge is 0.282 e. The molecule has 1 amide bonds. The normalized spacial score (nSPS) is 11.4. The second-order valence-electron chi connectivity index (χ2n) is 5.67. The molecule has 0 atom stereocenters. The van der Waals surface area contributed by atoms with E-state index in [9.17, 15) is 9.90 Å². The molecule has 7 heteroatoms. The van der Waals surface area contributed by atoms with Crippen molar-refractivity contribution in [2.24, 2.45) is 0 Å². The Morgan fingerprint density at radius 3 is 2.65 bits per heavy atom. The van der Waals surface area contributed by atoms with Crippen molar-refractivity contribution in [3.8, 4) is 5.75 Å². The topological polar surface area (TPSA) is 75.1 Å². The molecule has 0 aliphatic carbocycles. The summed E-state index contributed by atoms with van der Waals surface area (Å²) in [6.45, 7) is 2.43. The van der Waals surface area contributed by atoms with Crippen molar-refractivity contribution < 1.29 is 9.90 Å². The molecule has 0 spiro atoms. The van der Waals surface area contributed by atoms with Gasteiger partial charge in [0.1, 0.15) is 5.75 Å². The van der Waals surface area contributed by atoms with Crippen LogP contribution in [-0.4, -0.2) is 21.2 Å². The molecule has 0 aliphatic heterocycles. The second-order valence-corrected chi connectivity index (χ2v) is 7.05. The van der Waals surface area contributed by atoms with Crippen LogP contribution in [0.25, 0.3) is 11.1 Å². The molecule has 0 saturated heterocycles. The number of carbonyl (C=O) groups excluding carboxylic acids is 1. The molecule has 26 heavy (non-hydrogen) atoms. The number of hydrogen-bond donors (Lipinski definition) is 2. The number of benzene rings is 2. The van der Waals surface area contributed by atoms with Gasteiger partial charge in [-0.1, -0.05) is 64.9 Å². The molecule has 5 nitrogen and oxygen atoms in total. The van der Waals surface area contributed by atoms with Crippen LogP contribution in [0.1, 0.15) is 31.5 Å². The minimum absolute atomic E-state index is 0.150. The highest BCUT2D eigenvalue weighted by Gasteiger charge is 2.14. The minimum Gasteiger partial charge on any atom is -0.508 e. The van der Waals surface area contributed by atoms with E-state index in [1.807, 2.05) is 31.2 Å². The summed E-state index contributed by atoms with van der Waals surface area (Å²) in [5, 5.41) is 21.2. The highest BCUT2D eigenvalue weighted by molar-refractivity contribution is 7.15. The first-order valence-corrected chi connectivity index (χ1v) is 9.04. The predicted molar refractivity (Wildman–Crippen MR) is 104 cm³/mol. The molecule has 0 saturated carbocycles. The number of nitrogens with zero attached hydrogens (tertiary/aromatic N) is 2. The van der Waals surface area contributed by atoms with Crippen LogP contribution in [0, 0.1) is 6.92 Å². The van der Waals surface area contributed by atoms with Gasteiger partial charge in [-0.25, -0.2) is 0 Å². The predicted octanol–water partition coefficient (Wildman–Crippen LogP) is 4.22. The summed E-state index contributed by atoms with van der Waals surface area (Å²) >= 11 is 7.37. The highest BCUT2D eigenvalue weighted by Crippen LogP contribution is 2.26. The number of phenolic OH excluding ortho intramolecular Hbond substituents is 1. The molecule has 2 aromatic carbocycles. The molecule has 1 aromatic heterocycles. The molecule has 0 bridgehead atoms. The van der Waals surface area contributed by atoms with E-state index in [1.54, 1.807) is 30.3 Å². The van der Waals surface area contributed by atoms with Crippen LogP contribution in [0.4, 0.5) is 0 Å². The Balaban J connectivity index is 1.66. The average Bonchev–Trinajstić information content (AvgIpc) is 3.11. The zero-order chi connectivity index (χ0) is 18.5. The SMILES string of the molecule is Cc1ccc(CNC(=O)c2nnc(C(Cl)=Cc3cccc(O)c3)s2)cc1. The Bertz CT molecular complexity index is 951. The maximum atomic E-state index is 12.2. The number of nitrogens with one attached hydrogen (secondary N) is 1. The van der Waals surface area contributed by atoms with Crippen LogP contribution < -0.4 is 5.32 Å². The number of aromatic hydroxyl groups is 1. The van der Waals surface area contributed by atoms with E-state index < -0.39 is 0 Å². The summed E-state index contributed by atoms with van der Waals surface area (Å²) in [6.07, 6.45) is 1.66. The van der Waals surface area contributed by atoms with E-state index in [-0.39, 0.29) is 16.7 Å². The largest absolute Gasteiger partial charge is 0.508 e. The van der Waals surface area contributed by atoms with E-state index in [4.69, 9.17) is 11.6 Å². The third kappa shape index (κ3) is 4.68. The first kappa shape index (κ1) is 18.1. The van der Waals surface area contributed by atoms with Crippen molar-refractivity contribution in [3.63, 3.8) is 0 Å². The van der Waals surface area contributed by atoms with Gasteiger partial charge in [0, 0.05) is 6.54 Å². The van der Waals surface area contributed by atoms with Crippen LogP contribution in [0.5, 0.6) is 5.75 Å². The molecular weight excluding hydrogens is 370 g/mol. The number of carbonyl (C=O) groups is 1. The molecule has 0 unspecified atom stereocenters. The second kappa shape index (κ2) is 8.12. The van der Waals surface area contributed by atoms with Gasteiger partial charge in [-0.2, -0.15) is 0 Å². The zero-order valence-electron chi connectivity index (χ0n) is 13.9. The molecule has 3 rings (SSSR count). The lowest BCUT2D eigenvalue weighted by atomic mass is 10.1. The summed E-state index contributed by atoms with van der Waals surface area (Å²) in [5.41, 5.74) is 2.91. The molecule has 0 aliphatic rings. The molecule has 2 N–H and O–H groups in total.